The fraction of sp³-hybridized carbons (Fsp3) is 0.471. The van der Waals surface area contributed by atoms with Crippen molar-refractivity contribution in [3.05, 3.63) is 29.8 Å². The van der Waals surface area contributed by atoms with E-state index in [2.05, 4.69) is 20.8 Å². The number of nitrogens with zero attached hydrogens (tertiary/aromatic N) is 2. The number of amides is 1. The summed E-state index contributed by atoms with van der Waals surface area (Å²) in [4.78, 5) is 12.2. The largest absolute Gasteiger partial charge is 0.497 e. The van der Waals surface area contributed by atoms with E-state index in [4.69, 9.17) is 4.74 Å². The molecule has 0 saturated heterocycles. The number of nitrogens with one attached hydrogen (secondary N) is 2. The molecule has 0 radical (unpaired) electrons. The van der Waals surface area contributed by atoms with E-state index < -0.39 is 0 Å². The number of ether oxygens (including phenoxy) is 1. The molecule has 0 aliphatic heterocycles. The molecule has 1 unspecified atom stereocenters. The highest BCUT2D eigenvalue weighted by atomic mass is 32.2. The molecule has 8 heteroatoms. The van der Waals surface area contributed by atoms with E-state index in [1.54, 1.807) is 7.11 Å². The molecule has 0 bridgehead atoms. The maximum Gasteiger partial charge on any atom is 0.233 e. The van der Waals surface area contributed by atoms with E-state index in [-0.39, 0.29) is 11.2 Å². The van der Waals surface area contributed by atoms with Gasteiger partial charge < -0.3 is 15.4 Å². The van der Waals surface area contributed by atoms with Crippen LogP contribution < -0.4 is 15.4 Å². The first-order chi connectivity index (χ1) is 12.1. The second kappa shape index (κ2) is 8.53. The summed E-state index contributed by atoms with van der Waals surface area (Å²) in [7, 11) is 1.65. The van der Waals surface area contributed by atoms with Gasteiger partial charge >= 0.3 is 0 Å². The smallest absolute Gasteiger partial charge is 0.233 e. The first-order valence-corrected chi connectivity index (χ1v) is 10.0. The van der Waals surface area contributed by atoms with Crippen molar-refractivity contribution in [3.63, 3.8) is 0 Å². The molecular formula is C17H22N4O2S2. The van der Waals surface area contributed by atoms with Gasteiger partial charge in [-0.2, -0.15) is 0 Å². The zero-order valence-electron chi connectivity index (χ0n) is 14.3. The molecule has 1 heterocycles. The van der Waals surface area contributed by atoms with E-state index in [0.29, 0.717) is 12.6 Å². The second-order valence-electron chi connectivity index (χ2n) is 5.94. The molecule has 1 saturated carbocycles. The van der Waals surface area contributed by atoms with Crippen LogP contribution in [-0.2, 0) is 11.2 Å². The third-order valence-electron chi connectivity index (χ3n) is 3.83. The lowest BCUT2D eigenvalue weighted by Crippen LogP contribution is -2.32. The summed E-state index contributed by atoms with van der Waals surface area (Å²) in [5.74, 6) is 0.857. The Morgan fingerprint density at radius 2 is 2.12 bits per heavy atom. The normalized spacial score (nSPS) is 14.8. The van der Waals surface area contributed by atoms with Gasteiger partial charge in [0.25, 0.3) is 0 Å². The van der Waals surface area contributed by atoms with Crippen LogP contribution in [0.25, 0.3) is 0 Å². The van der Waals surface area contributed by atoms with Crippen LogP contribution in [0.15, 0.2) is 28.6 Å². The lowest BCUT2D eigenvalue weighted by molar-refractivity contribution is -0.120. The number of aromatic nitrogens is 2. The highest BCUT2D eigenvalue weighted by molar-refractivity contribution is 8.02. The number of carbonyl (C=O) groups excluding carboxylic acids is 1. The van der Waals surface area contributed by atoms with Gasteiger partial charge in [-0.05, 0) is 43.9 Å². The Hall–Kier alpha value is -1.80. The summed E-state index contributed by atoms with van der Waals surface area (Å²) < 4.78 is 5.96. The van der Waals surface area contributed by atoms with Gasteiger partial charge in [-0.15, -0.1) is 10.2 Å². The topological polar surface area (TPSA) is 76.1 Å². The van der Waals surface area contributed by atoms with E-state index >= 15 is 0 Å². The van der Waals surface area contributed by atoms with Crippen molar-refractivity contribution in [2.75, 3.05) is 19.0 Å². The maximum absolute atomic E-state index is 12.2. The maximum atomic E-state index is 12.2. The van der Waals surface area contributed by atoms with Crippen LogP contribution >= 0.6 is 23.1 Å². The van der Waals surface area contributed by atoms with E-state index in [1.165, 1.54) is 41.5 Å². The van der Waals surface area contributed by atoms with Gasteiger partial charge in [0.05, 0.1) is 12.4 Å². The molecule has 1 aromatic carbocycles. The number of anilines is 1. The highest BCUT2D eigenvalue weighted by Gasteiger charge is 2.23. The SMILES string of the molecule is COc1ccc(CCNC(=O)C(C)Sc2nnc(NC3CC3)s2)cc1. The van der Waals surface area contributed by atoms with Crippen LogP contribution in [0.2, 0.25) is 0 Å². The van der Waals surface area contributed by atoms with Crippen molar-refractivity contribution in [1.29, 1.82) is 0 Å². The molecule has 1 aromatic heterocycles. The molecule has 1 aliphatic carbocycles. The van der Waals surface area contributed by atoms with Crippen molar-refractivity contribution in [1.82, 2.24) is 15.5 Å². The lowest BCUT2D eigenvalue weighted by Gasteiger charge is -2.10. The molecule has 1 amide bonds. The predicted molar refractivity (Wildman–Crippen MR) is 102 cm³/mol. The Morgan fingerprint density at radius 1 is 1.36 bits per heavy atom. The van der Waals surface area contributed by atoms with Crippen LogP contribution in [0.3, 0.4) is 0 Å². The summed E-state index contributed by atoms with van der Waals surface area (Å²) in [6, 6.07) is 8.44. The van der Waals surface area contributed by atoms with Crippen molar-refractivity contribution in [2.45, 2.75) is 41.8 Å². The van der Waals surface area contributed by atoms with Crippen LogP contribution in [0.5, 0.6) is 5.75 Å². The van der Waals surface area contributed by atoms with Gasteiger partial charge in [0.15, 0.2) is 4.34 Å². The van der Waals surface area contributed by atoms with Crippen LogP contribution in [-0.4, -0.2) is 41.1 Å². The number of carbonyl (C=O) groups is 1. The van der Waals surface area contributed by atoms with Crippen molar-refractivity contribution in [2.24, 2.45) is 0 Å². The second-order valence-corrected chi connectivity index (χ2v) is 8.51. The Balaban J connectivity index is 1.39. The minimum absolute atomic E-state index is 0.0189. The average Bonchev–Trinajstić information content (AvgIpc) is 3.33. The Labute approximate surface area is 155 Å². The van der Waals surface area contributed by atoms with Gasteiger partial charge in [0.2, 0.25) is 11.0 Å². The molecule has 3 rings (SSSR count). The number of hydrogen-bond acceptors (Lipinski definition) is 7. The summed E-state index contributed by atoms with van der Waals surface area (Å²) in [5, 5.41) is 15.2. The molecule has 0 spiro atoms. The van der Waals surface area contributed by atoms with Crippen molar-refractivity contribution >= 4 is 34.1 Å². The third kappa shape index (κ3) is 5.61. The molecular weight excluding hydrogens is 356 g/mol. The average molecular weight is 379 g/mol. The van der Waals surface area contributed by atoms with Gasteiger partial charge in [-0.1, -0.05) is 35.2 Å². The minimum Gasteiger partial charge on any atom is -0.497 e. The molecule has 2 aromatic rings. The third-order valence-corrected chi connectivity index (χ3v) is 5.87. The van der Waals surface area contributed by atoms with E-state index in [1.807, 2.05) is 31.2 Å². The fourth-order valence-electron chi connectivity index (χ4n) is 2.19. The molecule has 1 aliphatic rings. The number of thioether (sulfide) groups is 1. The molecule has 1 atom stereocenters. The standard InChI is InChI=1S/C17H22N4O2S2/c1-11(24-17-21-20-16(25-17)19-13-5-6-13)15(22)18-10-9-12-3-7-14(23-2)8-4-12/h3-4,7-8,11,13H,5-6,9-10H2,1-2H3,(H,18,22)(H,19,20). The first kappa shape index (κ1) is 18.0. The van der Waals surface area contributed by atoms with Crippen LogP contribution in [0.4, 0.5) is 5.13 Å². The summed E-state index contributed by atoms with van der Waals surface area (Å²) >= 11 is 2.96. The molecule has 1 fully saturated rings. The van der Waals surface area contributed by atoms with Crippen LogP contribution in [0.1, 0.15) is 25.3 Å². The Kier molecular flexibility index (Phi) is 6.14. The number of rotatable bonds is 9. The fourth-order valence-corrected chi connectivity index (χ4v) is 4.19. The predicted octanol–water partition coefficient (Wildman–Crippen LogP) is 2.96. The zero-order chi connectivity index (χ0) is 17.6. The van der Waals surface area contributed by atoms with Gasteiger partial charge in [0, 0.05) is 12.6 Å². The quantitative estimate of drug-likeness (QED) is 0.654. The summed E-state index contributed by atoms with van der Waals surface area (Å²) in [6.07, 6.45) is 3.20. The van der Waals surface area contributed by atoms with Gasteiger partial charge in [-0.3, -0.25) is 4.79 Å². The molecule has 2 N–H and O–H groups in total. The summed E-state index contributed by atoms with van der Waals surface area (Å²) in [5.41, 5.74) is 1.17. The monoisotopic (exact) mass is 378 g/mol. The molecule has 6 nitrogen and oxygen atoms in total. The zero-order valence-corrected chi connectivity index (χ0v) is 16.0. The van der Waals surface area contributed by atoms with E-state index in [9.17, 15) is 4.79 Å². The molecule has 25 heavy (non-hydrogen) atoms. The summed E-state index contributed by atoms with van der Waals surface area (Å²) in [6.45, 7) is 2.50. The van der Waals surface area contributed by atoms with Crippen molar-refractivity contribution in [3.8, 4) is 5.75 Å². The molecule has 134 valence electrons. The van der Waals surface area contributed by atoms with E-state index in [0.717, 1.165) is 21.6 Å². The first-order valence-electron chi connectivity index (χ1n) is 8.31. The Morgan fingerprint density at radius 3 is 2.80 bits per heavy atom. The minimum atomic E-state index is -0.197. The lowest BCUT2D eigenvalue weighted by atomic mass is 10.1. The van der Waals surface area contributed by atoms with Crippen molar-refractivity contribution < 1.29 is 9.53 Å². The number of methoxy groups -OCH3 is 1. The van der Waals surface area contributed by atoms with Gasteiger partial charge in [-0.25, -0.2) is 0 Å². The highest BCUT2D eigenvalue weighted by Crippen LogP contribution is 2.32. The number of benzene rings is 1. The van der Waals surface area contributed by atoms with Crippen LogP contribution in [0, 0.1) is 0 Å². The van der Waals surface area contributed by atoms with Gasteiger partial charge in [0.1, 0.15) is 5.75 Å². The number of hydrogen-bond donors (Lipinski definition) is 2. The Bertz CT molecular complexity index is 701.